The summed E-state index contributed by atoms with van der Waals surface area (Å²) in [7, 11) is 0. The van der Waals surface area contributed by atoms with Crippen molar-refractivity contribution < 1.29 is 0 Å². The van der Waals surface area contributed by atoms with E-state index in [0.717, 1.165) is 11.3 Å². The number of hydrogen-bond donors (Lipinski definition) is 1. The Morgan fingerprint density at radius 2 is 2.32 bits per heavy atom. The van der Waals surface area contributed by atoms with Crippen LogP contribution >= 0.6 is 34.7 Å². The van der Waals surface area contributed by atoms with Gasteiger partial charge in [0.1, 0.15) is 5.15 Å². The first-order valence-corrected chi connectivity index (χ1v) is 8.15. The van der Waals surface area contributed by atoms with Crippen LogP contribution in [0.5, 0.6) is 0 Å². The van der Waals surface area contributed by atoms with Crippen molar-refractivity contribution >= 4 is 39.9 Å². The molecule has 1 aliphatic rings. The van der Waals surface area contributed by atoms with Gasteiger partial charge in [-0.25, -0.2) is 4.98 Å². The standard InChI is InChI=1S/C13H12ClN3S2/c14-12-2-1-9(5-16-12)6-17-11(8-19-13(17)15)10-3-4-18-7-10/h1-5,7,11,15H,6,8H2. The molecule has 1 N–H and O–H groups in total. The summed E-state index contributed by atoms with van der Waals surface area (Å²) in [5, 5.41) is 13.5. The highest BCUT2D eigenvalue weighted by Crippen LogP contribution is 2.36. The van der Waals surface area contributed by atoms with E-state index in [9.17, 15) is 0 Å². The van der Waals surface area contributed by atoms with Gasteiger partial charge in [-0.15, -0.1) is 0 Å². The van der Waals surface area contributed by atoms with Gasteiger partial charge in [-0.3, -0.25) is 5.41 Å². The van der Waals surface area contributed by atoms with Crippen molar-refractivity contribution in [2.24, 2.45) is 0 Å². The second-order valence-electron chi connectivity index (χ2n) is 4.31. The molecule has 3 heterocycles. The maximum Gasteiger partial charge on any atom is 0.157 e. The van der Waals surface area contributed by atoms with Crippen molar-refractivity contribution in [2.75, 3.05) is 5.75 Å². The van der Waals surface area contributed by atoms with E-state index in [1.807, 2.05) is 6.07 Å². The summed E-state index contributed by atoms with van der Waals surface area (Å²) in [6.45, 7) is 0.705. The second-order valence-corrected chi connectivity index (χ2v) is 6.48. The molecule has 3 nitrogen and oxygen atoms in total. The lowest BCUT2D eigenvalue weighted by Crippen LogP contribution is -2.26. The molecule has 1 fully saturated rings. The summed E-state index contributed by atoms with van der Waals surface area (Å²) < 4.78 is 0. The van der Waals surface area contributed by atoms with Gasteiger partial charge in [0.2, 0.25) is 0 Å². The zero-order valence-electron chi connectivity index (χ0n) is 10.0. The van der Waals surface area contributed by atoms with E-state index < -0.39 is 0 Å². The molecule has 0 spiro atoms. The quantitative estimate of drug-likeness (QED) is 0.870. The summed E-state index contributed by atoms with van der Waals surface area (Å²) in [6, 6.07) is 6.20. The fourth-order valence-corrected chi connectivity index (χ4v) is 3.96. The minimum Gasteiger partial charge on any atom is -0.339 e. The number of aromatic nitrogens is 1. The summed E-state index contributed by atoms with van der Waals surface area (Å²) >= 11 is 9.10. The molecule has 0 aliphatic carbocycles. The molecule has 1 unspecified atom stereocenters. The Labute approximate surface area is 125 Å². The number of pyridine rings is 1. The first-order chi connectivity index (χ1) is 9.24. The fraction of sp³-hybridized carbons (Fsp3) is 0.231. The van der Waals surface area contributed by atoms with Crippen molar-refractivity contribution in [1.29, 1.82) is 5.41 Å². The van der Waals surface area contributed by atoms with Crippen LogP contribution < -0.4 is 0 Å². The number of thioether (sulfide) groups is 1. The third-order valence-electron chi connectivity index (χ3n) is 3.08. The van der Waals surface area contributed by atoms with E-state index in [4.69, 9.17) is 17.0 Å². The van der Waals surface area contributed by atoms with Gasteiger partial charge < -0.3 is 4.90 Å². The van der Waals surface area contributed by atoms with Crippen LogP contribution in [0, 0.1) is 5.41 Å². The van der Waals surface area contributed by atoms with Crippen LogP contribution in [0.25, 0.3) is 0 Å². The molecule has 19 heavy (non-hydrogen) atoms. The lowest BCUT2D eigenvalue weighted by molar-refractivity contribution is 0.349. The van der Waals surface area contributed by atoms with E-state index >= 15 is 0 Å². The number of thiophene rings is 1. The van der Waals surface area contributed by atoms with E-state index in [1.165, 1.54) is 5.56 Å². The highest BCUT2D eigenvalue weighted by Gasteiger charge is 2.30. The topological polar surface area (TPSA) is 40.0 Å². The Bertz CT molecular complexity index is 568. The molecule has 2 aromatic rings. The Kier molecular flexibility index (Phi) is 3.77. The van der Waals surface area contributed by atoms with Gasteiger partial charge in [-0.1, -0.05) is 29.4 Å². The van der Waals surface area contributed by atoms with E-state index in [0.29, 0.717) is 22.9 Å². The Morgan fingerprint density at radius 3 is 3.00 bits per heavy atom. The summed E-state index contributed by atoms with van der Waals surface area (Å²) in [6.07, 6.45) is 1.78. The first kappa shape index (κ1) is 13.0. The Hall–Kier alpha value is -1.04. The largest absolute Gasteiger partial charge is 0.339 e. The Balaban J connectivity index is 1.81. The predicted molar refractivity (Wildman–Crippen MR) is 82.0 cm³/mol. The smallest absolute Gasteiger partial charge is 0.157 e. The van der Waals surface area contributed by atoms with Crippen molar-refractivity contribution in [3.8, 4) is 0 Å². The number of nitrogens with one attached hydrogen (secondary N) is 1. The number of halogens is 1. The second kappa shape index (κ2) is 5.53. The minimum atomic E-state index is 0.291. The van der Waals surface area contributed by atoms with Crippen LogP contribution in [-0.4, -0.2) is 20.8 Å². The fourth-order valence-electron chi connectivity index (χ4n) is 2.09. The third-order valence-corrected chi connectivity index (χ3v) is 5.00. The molecule has 0 aromatic carbocycles. The molecule has 1 atom stereocenters. The number of amidine groups is 1. The van der Waals surface area contributed by atoms with Gasteiger partial charge in [-0.2, -0.15) is 11.3 Å². The van der Waals surface area contributed by atoms with E-state index in [2.05, 4.69) is 26.7 Å². The van der Waals surface area contributed by atoms with Crippen LogP contribution in [0.15, 0.2) is 35.2 Å². The van der Waals surface area contributed by atoms with Gasteiger partial charge in [0.15, 0.2) is 5.17 Å². The lowest BCUT2D eigenvalue weighted by Gasteiger charge is -2.24. The molecule has 0 amide bonds. The highest BCUT2D eigenvalue weighted by molar-refractivity contribution is 8.14. The SMILES string of the molecule is N=C1SCC(c2ccsc2)N1Cc1ccc(Cl)nc1. The maximum atomic E-state index is 8.08. The van der Waals surface area contributed by atoms with Gasteiger partial charge in [-0.05, 0) is 34.0 Å². The first-order valence-electron chi connectivity index (χ1n) is 5.84. The molecule has 98 valence electrons. The van der Waals surface area contributed by atoms with Gasteiger partial charge in [0.05, 0.1) is 6.04 Å². The molecule has 0 bridgehead atoms. The highest BCUT2D eigenvalue weighted by atomic mass is 35.5. The average molecular weight is 310 g/mol. The normalized spacial score (nSPS) is 19.1. The molecule has 2 aromatic heterocycles. The molecule has 0 radical (unpaired) electrons. The van der Waals surface area contributed by atoms with Crippen molar-refractivity contribution in [3.05, 3.63) is 51.4 Å². The molecular formula is C13H12ClN3S2. The van der Waals surface area contributed by atoms with E-state index in [-0.39, 0.29) is 0 Å². The van der Waals surface area contributed by atoms with Crippen molar-refractivity contribution in [1.82, 2.24) is 9.88 Å². The van der Waals surface area contributed by atoms with Crippen LogP contribution in [0.2, 0.25) is 5.15 Å². The van der Waals surface area contributed by atoms with Crippen LogP contribution in [-0.2, 0) is 6.54 Å². The van der Waals surface area contributed by atoms with Gasteiger partial charge in [0.25, 0.3) is 0 Å². The summed E-state index contributed by atoms with van der Waals surface area (Å²) in [4.78, 5) is 6.22. The summed E-state index contributed by atoms with van der Waals surface area (Å²) in [5.74, 6) is 0.941. The maximum absolute atomic E-state index is 8.08. The zero-order chi connectivity index (χ0) is 13.2. The molecule has 1 saturated heterocycles. The third kappa shape index (κ3) is 2.78. The monoisotopic (exact) mass is 309 g/mol. The van der Waals surface area contributed by atoms with Gasteiger partial charge >= 0.3 is 0 Å². The zero-order valence-corrected chi connectivity index (χ0v) is 12.4. The van der Waals surface area contributed by atoms with E-state index in [1.54, 1.807) is 35.4 Å². The van der Waals surface area contributed by atoms with Gasteiger partial charge in [0, 0.05) is 18.5 Å². The number of rotatable bonds is 3. The number of nitrogens with zero attached hydrogens (tertiary/aromatic N) is 2. The molecule has 1 aliphatic heterocycles. The van der Waals surface area contributed by atoms with Crippen LogP contribution in [0.4, 0.5) is 0 Å². The molecule has 0 saturated carbocycles. The minimum absolute atomic E-state index is 0.291. The average Bonchev–Trinajstić information content (AvgIpc) is 3.03. The predicted octanol–water partition coefficient (Wildman–Crippen LogP) is 4.02. The molecular weight excluding hydrogens is 298 g/mol. The molecule has 6 heteroatoms. The molecule has 3 rings (SSSR count). The van der Waals surface area contributed by atoms with Crippen LogP contribution in [0.1, 0.15) is 17.2 Å². The Morgan fingerprint density at radius 1 is 1.42 bits per heavy atom. The van der Waals surface area contributed by atoms with Crippen LogP contribution in [0.3, 0.4) is 0 Å². The number of hydrogen-bond acceptors (Lipinski definition) is 4. The van der Waals surface area contributed by atoms with Crippen molar-refractivity contribution in [3.63, 3.8) is 0 Å². The van der Waals surface area contributed by atoms with Crippen molar-refractivity contribution in [2.45, 2.75) is 12.6 Å². The summed E-state index contributed by atoms with van der Waals surface area (Å²) in [5.41, 5.74) is 2.37. The lowest BCUT2D eigenvalue weighted by atomic mass is 10.1.